The van der Waals surface area contributed by atoms with Crippen molar-refractivity contribution in [2.75, 3.05) is 0 Å². The molecule has 0 rings (SSSR count). The van der Waals surface area contributed by atoms with Crippen LogP contribution in [0.5, 0.6) is 0 Å². The molecule has 1 atom stereocenters. The Balaban J connectivity index is 2.63. The van der Waals surface area contributed by atoms with Gasteiger partial charge in [-0.3, -0.25) is 0 Å². The molecule has 0 aliphatic rings. The van der Waals surface area contributed by atoms with Crippen LogP contribution in [-0.2, 0) is 0 Å². The number of hydrogen-bond donors (Lipinski definition) is 1. The maximum atomic E-state index is 5.32. The first-order chi connectivity index (χ1) is 2.77. The maximum absolute atomic E-state index is 5.32. The summed E-state index contributed by atoms with van der Waals surface area (Å²) in [7, 11) is 5.15. The SMILES string of the molecule is [B]CCC(C)N. The predicted molar refractivity (Wildman–Crippen MR) is 28.8 cm³/mol. The fourth-order valence-electron chi connectivity index (χ4n) is 0.263. The van der Waals surface area contributed by atoms with Gasteiger partial charge < -0.3 is 5.73 Å². The van der Waals surface area contributed by atoms with Crippen molar-refractivity contribution in [1.29, 1.82) is 0 Å². The fraction of sp³-hybridized carbons (Fsp3) is 1.00. The lowest BCUT2D eigenvalue weighted by Gasteiger charge is -1.97. The molecule has 2 N–H and O–H groups in total. The van der Waals surface area contributed by atoms with Gasteiger partial charge in [0.25, 0.3) is 0 Å². The van der Waals surface area contributed by atoms with Crippen LogP contribution in [0.2, 0.25) is 6.32 Å². The monoisotopic (exact) mass is 83.1 g/mol. The van der Waals surface area contributed by atoms with Gasteiger partial charge in [0.1, 0.15) is 0 Å². The van der Waals surface area contributed by atoms with Gasteiger partial charge in [0, 0.05) is 6.04 Å². The van der Waals surface area contributed by atoms with E-state index in [2.05, 4.69) is 0 Å². The van der Waals surface area contributed by atoms with Crippen molar-refractivity contribution in [3.8, 4) is 0 Å². The smallest absolute Gasteiger partial charge is 0.0653 e. The van der Waals surface area contributed by atoms with E-state index in [1.807, 2.05) is 6.92 Å². The molecule has 2 radical (unpaired) electrons. The topological polar surface area (TPSA) is 26.0 Å². The normalized spacial score (nSPS) is 14.3. The lowest BCUT2D eigenvalue weighted by molar-refractivity contribution is 0.714. The number of hydrogen-bond acceptors (Lipinski definition) is 1. The molecule has 0 spiro atoms. The van der Waals surface area contributed by atoms with Crippen molar-refractivity contribution in [2.45, 2.75) is 25.7 Å². The molecule has 1 unspecified atom stereocenters. The van der Waals surface area contributed by atoms with Crippen LogP contribution >= 0.6 is 0 Å². The molecule has 0 aliphatic heterocycles. The molecule has 0 bridgehead atoms. The van der Waals surface area contributed by atoms with Crippen molar-refractivity contribution in [3.05, 3.63) is 0 Å². The number of rotatable bonds is 2. The van der Waals surface area contributed by atoms with E-state index in [0.717, 1.165) is 6.42 Å². The van der Waals surface area contributed by atoms with Crippen LogP contribution in [0.1, 0.15) is 13.3 Å². The standard InChI is InChI=1S/C4H10BN/c1-4(6)2-3-5/h4H,2-3,6H2,1H3. The van der Waals surface area contributed by atoms with Gasteiger partial charge in [-0.2, -0.15) is 0 Å². The Kier molecular flexibility index (Phi) is 3.24. The second-order valence-corrected chi connectivity index (χ2v) is 1.55. The Morgan fingerprint density at radius 2 is 2.33 bits per heavy atom. The molecule has 0 aromatic heterocycles. The highest BCUT2D eigenvalue weighted by molar-refractivity contribution is 6.08. The van der Waals surface area contributed by atoms with Crippen LogP contribution < -0.4 is 5.73 Å². The van der Waals surface area contributed by atoms with Gasteiger partial charge in [0.15, 0.2) is 0 Å². The van der Waals surface area contributed by atoms with E-state index in [1.54, 1.807) is 0 Å². The van der Waals surface area contributed by atoms with E-state index in [4.69, 9.17) is 13.6 Å². The van der Waals surface area contributed by atoms with Gasteiger partial charge >= 0.3 is 0 Å². The van der Waals surface area contributed by atoms with Crippen LogP contribution in [0.3, 0.4) is 0 Å². The highest BCUT2D eigenvalue weighted by Gasteiger charge is 1.85. The van der Waals surface area contributed by atoms with E-state index in [0.29, 0.717) is 6.32 Å². The molecule has 0 fully saturated rings. The quantitative estimate of drug-likeness (QED) is 0.477. The van der Waals surface area contributed by atoms with Gasteiger partial charge in [-0.1, -0.05) is 13.2 Å². The van der Waals surface area contributed by atoms with Crippen LogP contribution in [0.25, 0.3) is 0 Å². The van der Waals surface area contributed by atoms with Crippen LogP contribution in [-0.4, -0.2) is 13.9 Å². The van der Waals surface area contributed by atoms with Crippen molar-refractivity contribution < 1.29 is 0 Å². The summed E-state index contributed by atoms with van der Waals surface area (Å²) in [5, 5.41) is 0. The van der Waals surface area contributed by atoms with Crippen LogP contribution in [0.15, 0.2) is 0 Å². The lowest BCUT2D eigenvalue weighted by Crippen LogP contribution is -2.13. The molecule has 2 heteroatoms. The molecular weight excluding hydrogens is 72.9 g/mol. The van der Waals surface area contributed by atoms with Crippen molar-refractivity contribution >= 4 is 7.85 Å². The minimum Gasteiger partial charge on any atom is -0.328 e. The van der Waals surface area contributed by atoms with Crippen LogP contribution in [0.4, 0.5) is 0 Å². The van der Waals surface area contributed by atoms with Gasteiger partial charge in [0.2, 0.25) is 0 Å². The van der Waals surface area contributed by atoms with E-state index in [1.165, 1.54) is 0 Å². The molecule has 6 heavy (non-hydrogen) atoms. The van der Waals surface area contributed by atoms with E-state index in [9.17, 15) is 0 Å². The first-order valence-corrected chi connectivity index (χ1v) is 2.23. The van der Waals surface area contributed by atoms with Gasteiger partial charge in [0.05, 0.1) is 7.85 Å². The van der Waals surface area contributed by atoms with E-state index < -0.39 is 0 Å². The molecule has 0 heterocycles. The summed E-state index contributed by atoms with van der Waals surface area (Å²) in [5.41, 5.74) is 5.32. The highest BCUT2D eigenvalue weighted by Crippen LogP contribution is 1.86. The highest BCUT2D eigenvalue weighted by atomic mass is 14.6. The molecule has 1 nitrogen and oxygen atoms in total. The summed E-state index contributed by atoms with van der Waals surface area (Å²) >= 11 is 0. The summed E-state index contributed by atoms with van der Waals surface area (Å²) < 4.78 is 0. The van der Waals surface area contributed by atoms with Crippen molar-refractivity contribution in [2.24, 2.45) is 5.73 Å². The Morgan fingerprint density at radius 3 is 2.33 bits per heavy atom. The van der Waals surface area contributed by atoms with Gasteiger partial charge in [-0.15, -0.1) is 0 Å². The molecule has 0 aromatic carbocycles. The zero-order chi connectivity index (χ0) is 4.99. The third-order valence-electron chi connectivity index (χ3n) is 0.622. The third-order valence-corrected chi connectivity index (χ3v) is 0.622. The van der Waals surface area contributed by atoms with Crippen molar-refractivity contribution in [3.63, 3.8) is 0 Å². The fourth-order valence-corrected chi connectivity index (χ4v) is 0.263. The Labute approximate surface area is 40.3 Å². The molecule has 34 valence electrons. The third kappa shape index (κ3) is 4.02. The predicted octanol–water partition coefficient (Wildman–Crippen LogP) is 0.311. The van der Waals surface area contributed by atoms with Gasteiger partial charge in [-0.25, -0.2) is 0 Å². The zero-order valence-electron chi connectivity index (χ0n) is 4.15. The summed E-state index contributed by atoms with van der Waals surface area (Å²) in [5.74, 6) is 0. The lowest BCUT2D eigenvalue weighted by atomic mass is 9.99. The molecule has 0 aromatic rings. The molecule has 0 aliphatic carbocycles. The Bertz CT molecular complexity index is 28.7. The molecular formula is C4H10BN. The maximum Gasteiger partial charge on any atom is 0.0653 e. The first-order valence-electron chi connectivity index (χ1n) is 2.23. The summed E-state index contributed by atoms with van der Waals surface area (Å²) in [6.07, 6.45) is 1.64. The minimum atomic E-state index is 0.273. The molecule has 0 saturated heterocycles. The van der Waals surface area contributed by atoms with Crippen molar-refractivity contribution in [1.82, 2.24) is 0 Å². The number of nitrogens with two attached hydrogens (primary N) is 1. The average Bonchev–Trinajstić information content (AvgIpc) is 1.35. The summed E-state index contributed by atoms with van der Waals surface area (Å²) in [6.45, 7) is 1.95. The van der Waals surface area contributed by atoms with E-state index in [-0.39, 0.29) is 6.04 Å². The zero-order valence-corrected chi connectivity index (χ0v) is 4.15. The molecule has 0 amide bonds. The first kappa shape index (κ1) is 6.02. The largest absolute Gasteiger partial charge is 0.328 e. The average molecular weight is 82.9 g/mol. The second-order valence-electron chi connectivity index (χ2n) is 1.55. The second kappa shape index (κ2) is 3.22. The molecule has 0 saturated carbocycles. The summed E-state index contributed by atoms with van der Waals surface area (Å²) in [6, 6.07) is 0.273. The Hall–Kier alpha value is 0.0249. The Morgan fingerprint density at radius 1 is 1.83 bits per heavy atom. The van der Waals surface area contributed by atoms with E-state index >= 15 is 0 Å². The summed E-state index contributed by atoms with van der Waals surface area (Å²) in [4.78, 5) is 0. The van der Waals surface area contributed by atoms with Crippen LogP contribution in [0, 0.1) is 0 Å². The van der Waals surface area contributed by atoms with Gasteiger partial charge in [-0.05, 0) is 6.42 Å². The minimum absolute atomic E-state index is 0.273.